The lowest BCUT2D eigenvalue weighted by molar-refractivity contribution is -0.157. The van der Waals surface area contributed by atoms with Gasteiger partial charge in [0.25, 0.3) is 5.56 Å². The Bertz CT molecular complexity index is 1140. The van der Waals surface area contributed by atoms with E-state index in [0.717, 1.165) is 12.8 Å². The number of aromatic amines is 1. The smallest absolute Gasteiger partial charge is 0.330 e. The fraction of sp³-hybridized carbons (Fsp3) is 0.759. The van der Waals surface area contributed by atoms with E-state index >= 15 is 0 Å². The number of carbonyl (C=O) groups excluding carboxylic acids is 3. The molecule has 1 aliphatic heterocycles. The number of unbranched alkanes of at least 4 members (excludes halogenated alkanes) is 1. The van der Waals surface area contributed by atoms with Crippen LogP contribution in [0.1, 0.15) is 93.2 Å². The van der Waals surface area contributed by atoms with Crippen LogP contribution in [0.15, 0.2) is 21.9 Å². The molecule has 0 radical (unpaired) electrons. The molecule has 42 heavy (non-hydrogen) atoms. The minimum absolute atomic E-state index is 0.0191. The number of ether oxygens (including phenoxy) is 2. The second-order valence-electron chi connectivity index (χ2n) is 11.9. The van der Waals surface area contributed by atoms with Gasteiger partial charge < -0.3 is 24.3 Å². The van der Waals surface area contributed by atoms with Crippen LogP contribution in [0.3, 0.4) is 0 Å². The lowest BCUT2D eigenvalue weighted by Crippen LogP contribution is -2.54. The molecule has 12 nitrogen and oxygen atoms in total. The maximum Gasteiger partial charge on any atom is 0.330 e. The number of aromatic nitrogens is 2. The first-order chi connectivity index (χ1) is 19.8. The van der Waals surface area contributed by atoms with E-state index in [2.05, 4.69) is 51.8 Å². The maximum atomic E-state index is 13.0. The molecule has 0 aromatic carbocycles. The molecule has 1 aliphatic rings. The van der Waals surface area contributed by atoms with E-state index < -0.39 is 56.7 Å². The van der Waals surface area contributed by atoms with E-state index in [9.17, 15) is 29.1 Å². The van der Waals surface area contributed by atoms with Gasteiger partial charge in [0, 0.05) is 38.1 Å². The van der Waals surface area contributed by atoms with Crippen molar-refractivity contribution in [3.05, 3.63) is 33.1 Å². The monoisotopic (exact) mass is 611 g/mol. The third kappa shape index (κ3) is 8.95. The normalized spacial score (nSPS) is 20.8. The first-order valence-corrected chi connectivity index (χ1v) is 17.2. The molecule has 0 bridgehead atoms. The minimum atomic E-state index is -2.63. The molecule has 2 heterocycles. The Morgan fingerprint density at radius 1 is 1.02 bits per heavy atom. The van der Waals surface area contributed by atoms with Crippen LogP contribution < -0.4 is 16.6 Å². The van der Waals surface area contributed by atoms with Gasteiger partial charge in [-0.05, 0) is 23.0 Å². The van der Waals surface area contributed by atoms with E-state index in [-0.39, 0.29) is 54.0 Å². The highest BCUT2D eigenvalue weighted by molar-refractivity contribution is 6.77. The average Bonchev–Trinajstić information content (AvgIpc) is 3.24. The molecule has 238 valence electrons. The number of nitrogens with zero attached hydrogens (tertiary/aromatic N) is 1. The van der Waals surface area contributed by atoms with Crippen LogP contribution in [0.5, 0.6) is 0 Å². The zero-order valence-electron chi connectivity index (χ0n) is 26.0. The lowest BCUT2D eigenvalue weighted by Gasteiger charge is -2.45. The van der Waals surface area contributed by atoms with Gasteiger partial charge in [-0.3, -0.25) is 28.7 Å². The summed E-state index contributed by atoms with van der Waals surface area (Å²) in [6, 6.07) is 1.18. The summed E-state index contributed by atoms with van der Waals surface area (Å²) < 4.78 is 20.0. The molecule has 1 unspecified atom stereocenters. The zero-order chi connectivity index (χ0) is 31.6. The van der Waals surface area contributed by atoms with Crippen LogP contribution in [0.2, 0.25) is 16.6 Å². The number of nitrogens with one attached hydrogen (secondary N) is 2. The second-order valence-corrected chi connectivity index (χ2v) is 17.3. The molecule has 2 rings (SSSR count). The number of H-pyrrole nitrogens is 1. The summed E-state index contributed by atoms with van der Waals surface area (Å²) in [5.41, 5.74) is -0.864. The Labute approximate surface area is 248 Å². The first kappa shape index (κ1) is 35.6. The minimum Gasteiger partial charge on any atom is -0.457 e. The largest absolute Gasteiger partial charge is 0.457 e. The van der Waals surface area contributed by atoms with E-state index in [0.29, 0.717) is 6.54 Å². The van der Waals surface area contributed by atoms with Gasteiger partial charge in [0.2, 0.25) is 14.2 Å². The molecule has 0 saturated carbocycles. The summed E-state index contributed by atoms with van der Waals surface area (Å²) in [4.78, 5) is 64.0. The van der Waals surface area contributed by atoms with Gasteiger partial charge in [-0.1, -0.05) is 54.9 Å². The van der Waals surface area contributed by atoms with Crippen molar-refractivity contribution >= 4 is 26.0 Å². The fourth-order valence-corrected chi connectivity index (χ4v) is 11.5. The van der Waals surface area contributed by atoms with Crippen LogP contribution >= 0.6 is 0 Å². The lowest BCUT2D eigenvalue weighted by atomic mass is 10.1. The number of amides is 1. The quantitative estimate of drug-likeness (QED) is 0.136. The van der Waals surface area contributed by atoms with Crippen molar-refractivity contribution < 1.29 is 33.4 Å². The zero-order valence-corrected chi connectivity index (χ0v) is 27.0. The SMILES string of the molecule is CCCCNC(=O)CCC(=O)CCC(=O)OC1[C@@H](CO)O[C@@H](n2ccc(=O)[nH]c2=O)[C@H]1O[Si](C(C)C)(C(C)C)C(C)C. The maximum absolute atomic E-state index is 13.0. The Kier molecular flexibility index (Phi) is 13.8. The second kappa shape index (κ2) is 16.3. The number of hydrogen-bond acceptors (Lipinski definition) is 9. The van der Waals surface area contributed by atoms with Crippen LogP contribution in [0.4, 0.5) is 0 Å². The van der Waals surface area contributed by atoms with E-state index in [1.807, 2.05) is 6.92 Å². The van der Waals surface area contributed by atoms with Crippen LogP contribution in [-0.4, -0.2) is 72.1 Å². The molecule has 1 aromatic heterocycles. The summed E-state index contributed by atoms with van der Waals surface area (Å²) in [6.07, 6.45) is -1.27. The molecular formula is C29H49N3O9Si. The predicted molar refractivity (Wildman–Crippen MR) is 160 cm³/mol. The molecule has 0 aliphatic carbocycles. The van der Waals surface area contributed by atoms with Crippen molar-refractivity contribution in [1.29, 1.82) is 0 Å². The number of rotatable bonds is 17. The Morgan fingerprint density at radius 2 is 1.64 bits per heavy atom. The molecule has 13 heteroatoms. The number of carbonyl (C=O) groups is 3. The fourth-order valence-electron chi connectivity index (χ4n) is 5.94. The van der Waals surface area contributed by atoms with Gasteiger partial charge in [0.15, 0.2) is 12.3 Å². The predicted octanol–water partition coefficient (Wildman–Crippen LogP) is 2.94. The summed E-state index contributed by atoms with van der Waals surface area (Å²) in [6.45, 7) is 14.6. The molecule has 4 atom stereocenters. The van der Waals surface area contributed by atoms with Crippen molar-refractivity contribution in [1.82, 2.24) is 14.9 Å². The van der Waals surface area contributed by atoms with Gasteiger partial charge in [-0.15, -0.1) is 0 Å². The van der Waals surface area contributed by atoms with Crippen molar-refractivity contribution in [2.75, 3.05) is 13.2 Å². The van der Waals surface area contributed by atoms with Crippen LogP contribution in [0.25, 0.3) is 0 Å². The number of esters is 1. The Balaban J connectivity index is 2.27. The average molecular weight is 612 g/mol. The van der Waals surface area contributed by atoms with Crippen molar-refractivity contribution in [3.8, 4) is 0 Å². The summed E-state index contributed by atoms with van der Waals surface area (Å²) in [5, 5.41) is 13.0. The molecule has 1 saturated heterocycles. The van der Waals surface area contributed by atoms with E-state index in [1.165, 1.54) is 16.8 Å². The van der Waals surface area contributed by atoms with Crippen molar-refractivity contribution in [2.24, 2.45) is 0 Å². The van der Waals surface area contributed by atoms with Gasteiger partial charge in [0.1, 0.15) is 18.0 Å². The Hall–Kier alpha value is -2.61. The van der Waals surface area contributed by atoms with Crippen LogP contribution in [0, 0.1) is 0 Å². The highest BCUT2D eigenvalue weighted by Crippen LogP contribution is 2.46. The van der Waals surface area contributed by atoms with Gasteiger partial charge in [0.05, 0.1) is 13.0 Å². The Morgan fingerprint density at radius 3 is 2.19 bits per heavy atom. The molecule has 1 aromatic rings. The van der Waals surface area contributed by atoms with Crippen molar-refractivity contribution in [3.63, 3.8) is 0 Å². The highest BCUT2D eigenvalue weighted by Gasteiger charge is 2.55. The van der Waals surface area contributed by atoms with Gasteiger partial charge in [-0.25, -0.2) is 4.79 Å². The number of aliphatic hydroxyl groups is 1. The van der Waals surface area contributed by atoms with Gasteiger partial charge in [-0.2, -0.15) is 0 Å². The standard InChI is InChI=1S/C29H49N3O9Si/c1-8-9-15-30-23(35)12-10-21(34)11-13-25(37)40-26-22(17-33)39-28(32-16-14-24(36)31-29(32)38)27(26)41-42(18(2)3,19(4)5)20(6)7/h14,16,18-20,22,26-28,33H,8-13,15,17H2,1-7H3,(H,30,35)(H,31,36,38)/t22-,26?,27+,28-/m1/s1. The summed E-state index contributed by atoms with van der Waals surface area (Å²) >= 11 is 0. The summed E-state index contributed by atoms with van der Waals surface area (Å²) in [5.74, 6) is -1.13. The highest BCUT2D eigenvalue weighted by atomic mass is 28.4. The van der Waals surface area contributed by atoms with Crippen LogP contribution in [-0.2, 0) is 28.3 Å². The molecule has 3 N–H and O–H groups in total. The third-order valence-corrected chi connectivity index (χ3v) is 14.1. The number of hydrogen-bond donors (Lipinski definition) is 3. The first-order valence-electron chi connectivity index (χ1n) is 15.0. The molecule has 0 spiro atoms. The number of aliphatic hydroxyl groups excluding tert-OH is 1. The molecule has 1 amide bonds. The van der Waals surface area contributed by atoms with Gasteiger partial charge >= 0.3 is 11.7 Å². The summed E-state index contributed by atoms with van der Waals surface area (Å²) in [7, 11) is -2.63. The van der Waals surface area contributed by atoms with Crippen molar-refractivity contribution in [2.45, 2.75) is 128 Å². The number of Topliss-reactive ketones (excluding diaryl/α,β-unsaturated/α-hetero) is 1. The molecule has 1 fully saturated rings. The molecular weight excluding hydrogens is 562 g/mol. The number of ketones is 1. The third-order valence-electron chi connectivity index (χ3n) is 8.00. The topological polar surface area (TPSA) is 166 Å². The van der Waals surface area contributed by atoms with E-state index in [4.69, 9.17) is 13.9 Å². The van der Waals surface area contributed by atoms with E-state index in [1.54, 1.807) is 0 Å².